The van der Waals surface area contributed by atoms with Crippen molar-refractivity contribution in [2.45, 2.75) is 6.92 Å². The van der Waals surface area contributed by atoms with E-state index in [0.717, 1.165) is 0 Å². The second-order valence-electron chi connectivity index (χ2n) is 2.26. The summed E-state index contributed by atoms with van der Waals surface area (Å²) in [5.41, 5.74) is 0.455. The smallest absolute Gasteiger partial charge is 0.152 e. The van der Waals surface area contributed by atoms with E-state index in [1.165, 1.54) is 0 Å². The molecule has 66 valence electrons. The van der Waals surface area contributed by atoms with Gasteiger partial charge in [-0.3, -0.25) is 0 Å². The topological polar surface area (TPSA) is 40.5 Å². The summed E-state index contributed by atoms with van der Waals surface area (Å²) in [5, 5.41) is 18.9. The highest BCUT2D eigenvalue weighted by atomic mass is 79.9. The number of benzene rings is 1. The van der Waals surface area contributed by atoms with Crippen LogP contribution in [0.15, 0.2) is 4.47 Å². The van der Waals surface area contributed by atoms with Crippen LogP contribution in [-0.2, 0) is 0 Å². The first kappa shape index (κ1) is 9.96. The van der Waals surface area contributed by atoms with Gasteiger partial charge in [-0.2, -0.15) is 0 Å². The van der Waals surface area contributed by atoms with Crippen molar-refractivity contribution >= 4 is 39.1 Å². The Labute approximate surface area is 87.9 Å². The van der Waals surface area contributed by atoms with E-state index in [-0.39, 0.29) is 26.0 Å². The highest BCUT2D eigenvalue weighted by Gasteiger charge is 2.16. The summed E-state index contributed by atoms with van der Waals surface area (Å²) in [6, 6.07) is 0. The molecule has 0 aliphatic rings. The van der Waals surface area contributed by atoms with E-state index in [1.807, 2.05) is 0 Å². The lowest BCUT2D eigenvalue weighted by Crippen LogP contribution is -1.82. The molecule has 0 saturated carbocycles. The summed E-state index contributed by atoms with van der Waals surface area (Å²) >= 11 is 14.3. The van der Waals surface area contributed by atoms with Gasteiger partial charge in [0.05, 0.1) is 10.0 Å². The predicted octanol–water partition coefficient (Wildman–Crippen LogP) is 3.48. The van der Waals surface area contributed by atoms with Gasteiger partial charge in [-0.15, -0.1) is 0 Å². The molecule has 5 heteroatoms. The fraction of sp³-hybridized carbons (Fsp3) is 0.143. The summed E-state index contributed by atoms with van der Waals surface area (Å²) in [7, 11) is 0. The van der Waals surface area contributed by atoms with E-state index >= 15 is 0 Å². The molecule has 0 radical (unpaired) electrons. The van der Waals surface area contributed by atoms with Gasteiger partial charge in [0.1, 0.15) is 4.47 Å². The molecule has 1 aromatic carbocycles. The third kappa shape index (κ3) is 1.37. The van der Waals surface area contributed by atoms with Crippen LogP contribution < -0.4 is 0 Å². The Kier molecular flexibility index (Phi) is 2.76. The van der Waals surface area contributed by atoms with Crippen LogP contribution in [0.4, 0.5) is 0 Å². The molecule has 0 heterocycles. The van der Waals surface area contributed by atoms with Crippen molar-refractivity contribution in [2.24, 2.45) is 0 Å². The van der Waals surface area contributed by atoms with Crippen LogP contribution in [0, 0.1) is 6.92 Å². The van der Waals surface area contributed by atoms with Gasteiger partial charge < -0.3 is 10.2 Å². The van der Waals surface area contributed by atoms with Crippen molar-refractivity contribution < 1.29 is 10.2 Å². The standard InChI is InChI=1S/C7H5BrCl2O2/c1-2-4(9)6(11)3(8)7(12)5(2)10/h11-12H,1H3. The van der Waals surface area contributed by atoms with E-state index in [9.17, 15) is 10.2 Å². The number of halogens is 3. The zero-order valence-corrected chi connectivity index (χ0v) is 9.13. The molecule has 1 aromatic rings. The van der Waals surface area contributed by atoms with Crippen LogP contribution in [0.5, 0.6) is 11.5 Å². The monoisotopic (exact) mass is 270 g/mol. The van der Waals surface area contributed by atoms with Gasteiger partial charge in [-0.1, -0.05) is 23.2 Å². The lowest BCUT2D eigenvalue weighted by Gasteiger charge is -2.08. The fourth-order valence-corrected chi connectivity index (χ4v) is 1.81. The number of phenols is 2. The molecule has 0 aliphatic heterocycles. The van der Waals surface area contributed by atoms with E-state index in [2.05, 4.69) is 15.9 Å². The van der Waals surface area contributed by atoms with Gasteiger partial charge in [0.25, 0.3) is 0 Å². The fourth-order valence-electron chi connectivity index (χ4n) is 0.756. The van der Waals surface area contributed by atoms with Crippen LogP contribution in [0.25, 0.3) is 0 Å². The molecule has 0 fully saturated rings. The Hall–Kier alpha value is -0.120. The maximum atomic E-state index is 9.29. The zero-order valence-electron chi connectivity index (χ0n) is 6.03. The first-order chi connectivity index (χ1) is 5.46. The molecule has 0 spiro atoms. The molecular formula is C7H5BrCl2O2. The molecule has 2 N–H and O–H groups in total. The van der Waals surface area contributed by atoms with E-state index in [0.29, 0.717) is 5.56 Å². The van der Waals surface area contributed by atoms with Crippen LogP contribution in [0.3, 0.4) is 0 Å². The van der Waals surface area contributed by atoms with E-state index in [1.54, 1.807) is 6.92 Å². The van der Waals surface area contributed by atoms with Crippen molar-refractivity contribution in [3.05, 3.63) is 20.1 Å². The van der Waals surface area contributed by atoms with Crippen molar-refractivity contribution in [3.8, 4) is 11.5 Å². The third-order valence-corrected chi connectivity index (χ3v) is 3.17. The first-order valence-electron chi connectivity index (χ1n) is 3.01. The number of phenolic OH excluding ortho intramolecular Hbond substituents is 2. The SMILES string of the molecule is Cc1c(Cl)c(O)c(Br)c(O)c1Cl. The molecule has 0 amide bonds. The molecule has 12 heavy (non-hydrogen) atoms. The molecule has 0 aliphatic carbocycles. The second kappa shape index (κ2) is 3.32. The molecule has 0 aromatic heterocycles. The van der Waals surface area contributed by atoms with Gasteiger partial charge in [0.2, 0.25) is 0 Å². The highest BCUT2D eigenvalue weighted by molar-refractivity contribution is 9.10. The number of hydrogen-bond donors (Lipinski definition) is 2. The normalized spacial score (nSPS) is 10.3. The minimum absolute atomic E-state index is 0.114. The maximum Gasteiger partial charge on any atom is 0.152 e. The van der Waals surface area contributed by atoms with Crippen molar-refractivity contribution in [1.29, 1.82) is 0 Å². The quantitative estimate of drug-likeness (QED) is 0.759. The minimum atomic E-state index is -0.198. The van der Waals surface area contributed by atoms with Gasteiger partial charge in [0, 0.05) is 0 Å². The molecule has 1 rings (SSSR count). The minimum Gasteiger partial charge on any atom is -0.505 e. The number of aromatic hydroxyl groups is 2. The summed E-state index contributed by atoms with van der Waals surface area (Å²) in [4.78, 5) is 0. The van der Waals surface area contributed by atoms with Crippen molar-refractivity contribution in [1.82, 2.24) is 0 Å². The van der Waals surface area contributed by atoms with Crippen LogP contribution in [0.1, 0.15) is 5.56 Å². The average Bonchev–Trinajstić information content (AvgIpc) is 2.08. The molecule has 0 bridgehead atoms. The summed E-state index contributed by atoms with van der Waals surface area (Å²) in [6.07, 6.45) is 0. The molecular weight excluding hydrogens is 267 g/mol. The van der Waals surface area contributed by atoms with Crippen molar-refractivity contribution in [2.75, 3.05) is 0 Å². The number of rotatable bonds is 0. The molecule has 0 saturated heterocycles. The van der Waals surface area contributed by atoms with Gasteiger partial charge in [0.15, 0.2) is 11.5 Å². The lowest BCUT2D eigenvalue weighted by molar-refractivity contribution is 0.444. The summed E-state index contributed by atoms with van der Waals surface area (Å²) in [5.74, 6) is -0.396. The Morgan fingerprint density at radius 1 is 1.08 bits per heavy atom. The first-order valence-corrected chi connectivity index (χ1v) is 4.56. The van der Waals surface area contributed by atoms with Gasteiger partial charge >= 0.3 is 0 Å². The Bertz CT molecular complexity index is 234. The summed E-state index contributed by atoms with van der Waals surface area (Å²) < 4.78 is 0.114. The second-order valence-corrected chi connectivity index (χ2v) is 3.81. The van der Waals surface area contributed by atoms with E-state index < -0.39 is 0 Å². The van der Waals surface area contributed by atoms with Crippen LogP contribution >= 0.6 is 39.1 Å². The lowest BCUT2D eigenvalue weighted by atomic mass is 10.2. The summed E-state index contributed by atoms with van der Waals surface area (Å²) in [6.45, 7) is 1.61. The average molecular weight is 272 g/mol. The third-order valence-electron chi connectivity index (χ3n) is 1.49. The van der Waals surface area contributed by atoms with Crippen molar-refractivity contribution in [3.63, 3.8) is 0 Å². The van der Waals surface area contributed by atoms with Gasteiger partial charge in [-0.25, -0.2) is 0 Å². The van der Waals surface area contributed by atoms with Crippen LogP contribution in [-0.4, -0.2) is 10.2 Å². The Morgan fingerprint density at radius 3 is 1.75 bits per heavy atom. The number of hydrogen-bond acceptors (Lipinski definition) is 2. The largest absolute Gasteiger partial charge is 0.505 e. The van der Waals surface area contributed by atoms with E-state index in [4.69, 9.17) is 23.2 Å². The zero-order chi connectivity index (χ0) is 9.46. The van der Waals surface area contributed by atoms with Gasteiger partial charge in [-0.05, 0) is 28.4 Å². The Morgan fingerprint density at radius 2 is 1.42 bits per heavy atom. The molecule has 0 atom stereocenters. The predicted molar refractivity (Wildman–Crippen MR) is 52.2 cm³/mol. The highest BCUT2D eigenvalue weighted by Crippen LogP contribution is 2.45. The van der Waals surface area contributed by atoms with Crippen LogP contribution in [0.2, 0.25) is 10.0 Å². The molecule has 0 unspecified atom stereocenters. The maximum absolute atomic E-state index is 9.29. The molecule has 2 nitrogen and oxygen atoms in total. The Balaban J connectivity index is 3.60.